The van der Waals surface area contributed by atoms with Gasteiger partial charge >= 0.3 is 0 Å². The Morgan fingerprint density at radius 2 is 1.94 bits per heavy atom. The van der Waals surface area contributed by atoms with Gasteiger partial charge in [-0.2, -0.15) is 0 Å². The van der Waals surface area contributed by atoms with E-state index in [4.69, 9.17) is 5.73 Å². The molecule has 2 N–H and O–H groups in total. The molecule has 0 spiro atoms. The van der Waals surface area contributed by atoms with E-state index in [-0.39, 0.29) is 5.54 Å². The van der Waals surface area contributed by atoms with Gasteiger partial charge in [-0.15, -0.1) is 0 Å². The summed E-state index contributed by atoms with van der Waals surface area (Å²) in [7, 11) is 0. The molecule has 0 atom stereocenters. The number of benzene rings is 1. The summed E-state index contributed by atoms with van der Waals surface area (Å²) in [6, 6.07) is 10.7. The Labute approximate surface area is 98.4 Å². The lowest BCUT2D eigenvalue weighted by atomic mass is 9.86. The zero-order valence-electron chi connectivity index (χ0n) is 10.2. The number of nitrogens with zero attached hydrogens (tertiary/aromatic N) is 1. The van der Waals surface area contributed by atoms with Crippen LogP contribution < -0.4 is 5.73 Å². The molecule has 0 aliphatic carbocycles. The Balaban J connectivity index is 1.70. The molecule has 2 rings (SSSR count). The Bertz CT molecular complexity index is 315. The predicted molar refractivity (Wildman–Crippen MR) is 68.4 cm³/mol. The van der Waals surface area contributed by atoms with E-state index >= 15 is 0 Å². The van der Waals surface area contributed by atoms with Gasteiger partial charge in [-0.1, -0.05) is 43.7 Å². The standard InChI is InChI=1S/C14H22N2/c1-2-9-14(15)11-16(12-14)10-8-13-6-4-3-5-7-13/h3-7H,2,8-12,15H2,1H3. The van der Waals surface area contributed by atoms with E-state index < -0.39 is 0 Å². The first-order chi connectivity index (χ1) is 7.72. The fraction of sp³-hybridized carbons (Fsp3) is 0.571. The molecule has 16 heavy (non-hydrogen) atoms. The molecule has 0 radical (unpaired) electrons. The minimum atomic E-state index is 0.117. The maximum atomic E-state index is 6.23. The van der Waals surface area contributed by atoms with Crippen LogP contribution in [-0.4, -0.2) is 30.1 Å². The Kier molecular flexibility index (Phi) is 3.62. The van der Waals surface area contributed by atoms with E-state index in [0.29, 0.717) is 0 Å². The Morgan fingerprint density at radius 1 is 1.25 bits per heavy atom. The van der Waals surface area contributed by atoms with Gasteiger partial charge in [0.2, 0.25) is 0 Å². The average Bonchev–Trinajstić information content (AvgIpc) is 2.25. The maximum Gasteiger partial charge on any atom is 0.0412 e. The number of hydrogen-bond donors (Lipinski definition) is 1. The summed E-state index contributed by atoms with van der Waals surface area (Å²) in [4.78, 5) is 2.46. The molecular weight excluding hydrogens is 196 g/mol. The smallest absolute Gasteiger partial charge is 0.0412 e. The van der Waals surface area contributed by atoms with Crippen molar-refractivity contribution in [3.63, 3.8) is 0 Å². The van der Waals surface area contributed by atoms with Crippen molar-refractivity contribution in [2.75, 3.05) is 19.6 Å². The predicted octanol–water partition coefficient (Wildman–Crippen LogP) is 2.04. The number of rotatable bonds is 5. The minimum absolute atomic E-state index is 0.117. The van der Waals surface area contributed by atoms with Gasteiger partial charge in [0, 0.05) is 25.2 Å². The van der Waals surface area contributed by atoms with Crippen molar-refractivity contribution in [3.05, 3.63) is 35.9 Å². The average molecular weight is 218 g/mol. The van der Waals surface area contributed by atoms with Crippen LogP contribution in [0.3, 0.4) is 0 Å². The topological polar surface area (TPSA) is 29.3 Å². The zero-order valence-corrected chi connectivity index (χ0v) is 10.2. The van der Waals surface area contributed by atoms with Crippen LogP contribution in [0.2, 0.25) is 0 Å². The van der Waals surface area contributed by atoms with Gasteiger partial charge in [-0.25, -0.2) is 0 Å². The molecule has 1 aromatic rings. The number of likely N-dealkylation sites (tertiary alicyclic amines) is 1. The van der Waals surface area contributed by atoms with Crippen molar-refractivity contribution in [1.82, 2.24) is 4.90 Å². The van der Waals surface area contributed by atoms with Gasteiger partial charge in [0.15, 0.2) is 0 Å². The van der Waals surface area contributed by atoms with Crippen LogP contribution in [0.1, 0.15) is 25.3 Å². The van der Waals surface area contributed by atoms with Gasteiger partial charge in [0.25, 0.3) is 0 Å². The summed E-state index contributed by atoms with van der Waals surface area (Å²) < 4.78 is 0. The number of hydrogen-bond acceptors (Lipinski definition) is 2. The summed E-state index contributed by atoms with van der Waals surface area (Å²) in [5.41, 5.74) is 7.77. The fourth-order valence-corrected chi connectivity index (χ4v) is 2.59. The van der Waals surface area contributed by atoms with Crippen LogP contribution in [0.25, 0.3) is 0 Å². The van der Waals surface area contributed by atoms with E-state index in [9.17, 15) is 0 Å². The van der Waals surface area contributed by atoms with Crippen LogP contribution in [0.4, 0.5) is 0 Å². The highest BCUT2D eigenvalue weighted by molar-refractivity contribution is 5.15. The summed E-state index contributed by atoms with van der Waals surface area (Å²) in [6.45, 7) is 5.51. The lowest BCUT2D eigenvalue weighted by Crippen LogP contribution is -2.67. The highest BCUT2D eigenvalue weighted by Gasteiger charge is 2.37. The second kappa shape index (κ2) is 4.98. The van der Waals surface area contributed by atoms with Crippen LogP contribution in [0.5, 0.6) is 0 Å². The van der Waals surface area contributed by atoms with E-state index in [2.05, 4.69) is 42.2 Å². The Morgan fingerprint density at radius 3 is 2.56 bits per heavy atom. The maximum absolute atomic E-state index is 6.23. The second-order valence-corrected chi connectivity index (χ2v) is 5.06. The summed E-state index contributed by atoms with van der Waals surface area (Å²) in [5, 5.41) is 0. The van der Waals surface area contributed by atoms with Crippen LogP contribution in [-0.2, 0) is 6.42 Å². The third-order valence-corrected chi connectivity index (χ3v) is 3.38. The number of nitrogens with two attached hydrogens (primary N) is 1. The van der Waals surface area contributed by atoms with Crippen molar-refractivity contribution in [1.29, 1.82) is 0 Å². The van der Waals surface area contributed by atoms with Gasteiger partial charge in [0.1, 0.15) is 0 Å². The van der Waals surface area contributed by atoms with Crippen LogP contribution in [0, 0.1) is 0 Å². The summed E-state index contributed by atoms with van der Waals surface area (Å²) in [6.07, 6.45) is 3.50. The fourth-order valence-electron chi connectivity index (χ4n) is 2.59. The third kappa shape index (κ3) is 2.83. The van der Waals surface area contributed by atoms with Crippen molar-refractivity contribution < 1.29 is 0 Å². The first-order valence-electron chi connectivity index (χ1n) is 6.27. The summed E-state index contributed by atoms with van der Waals surface area (Å²) in [5.74, 6) is 0. The highest BCUT2D eigenvalue weighted by atomic mass is 15.2. The molecule has 0 aromatic heterocycles. The molecule has 0 saturated carbocycles. The summed E-state index contributed by atoms with van der Waals surface area (Å²) >= 11 is 0. The molecule has 1 aliphatic rings. The first kappa shape index (κ1) is 11.6. The van der Waals surface area contributed by atoms with Gasteiger partial charge in [-0.05, 0) is 18.4 Å². The quantitative estimate of drug-likeness (QED) is 0.819. The molecule has 88 valence electrons. The molecule has 1 aromatic carbocycles. The van der Waals surface area contributed by atoms with Crippen molar-refractivity contribution >= 4 is 0 Å². The van der Waals surface area contributed by atoms with Gasteiger partial charge in [0.05, 0.1) is 0 Å². The lowest BCUT2D eigenvalue weighted by molar-refractivity contribution is 0.0652. The third-order valence-electron chi connectivity index (χ3n) is 3.38. The molecule has 2 nitrogen and oxygen atoms in total. The molecule has 1 heterocycles. The van der Waals surface area contributed by atoms with Gasteiger partial charge in [-0.3, -0.25) is 4.90 Å². The van der Waals surface area contributed by atoms with Crippen LogP contribution >= 0.6 is 0 Å². The van der Waals surface area contributed by atoms with Gasteiger partial charge < -0.3 is 5.73 Å². The second-order valence-electron chi connectivity index (χ2n) is 5.06. The monoisotopic (exact) mass is 218 g/mol. The SMILES string of the molecule is CCCC1(N)CN(CCc2ccccc2)C1. The highest BCUT2D eigenvalue weighted by Crippen LogP contribution is 2.23. The molecule has 0 unspecified atom stereocenters. The molecule has 1 fully saturated rings. The molecule has 2 heteroatoms. The van der Waals surface area contributed by atoms with Crippen LogP contribution in [0.15, 0.2) is 30.3 Å². The van der Waals surface area contributed by atoms with Crippen molar-refractivity contribution in [3.8, 4) is 0 Å². The Hall–Kier alpha value is -0.860. The largest absolute Gasteiger partial charge is 0.323 e. The van der Waals surface area contributed by atoms with E-state index in [0.717, 1.165) is 32.5 Å². The van der Waals surface area contributed by atoms with E-state index in [1.807, 2.05) is 0 Å². The molecule has 1 saturated heterocycles. The van der Waals surface area contributed by atoms with Crippen molar-refractivity contribution in [2.45, 2.75) is 31.7 Å². The minimum Gasteiger partial charge on any atom is -0.323 e. The molecule has 1 aliphatic heterocycles. The van der Waals surface area contributed by atoms with Crippen molar-refractivity contribution in [2.24, 2.45) is 5.73 Å². The molecule has 0 bridgehead atoms. The molecule has 0 amide bonds. The molecular formula is C14H22N2. The lowest BCUT2D eigenvalue weighted by Gasteiger charge is -2.48. The first-order valence-corrected chi connectivity index (χ1v) is 6.27. The van der Waals surface area contributed by atoms with E-state index in [1.165, 1.54) is 12.0 Å². The zero-order chi connectivity index (χ0) is 11.4. The van der Waals surface area contributed by atoms with E-state index in [1.54, 1.807) is 0 Å². The normalized spacial score (nSPS) is 19.4.